The summed E-state index contributed by atoms with van der Waals surface area (Å²) in [5.74, 6) is -1.18. The lowest BCUT2D eigenvalue weighted by atomic mass is 9.85. The predicted octanol–water partition coefficient (Wildman–Crippen LogP) is 3.87. The number of imide groups is 1. The maximum Gasteiger partial charge on any atom is 0.573 e. The van der Waals surface area contributed by atoms with Gasteiger partial charge in [0.15, 0.2) is 0 Å². The number of aryl methyl sites for hydroxylation is 1. The van der Waals surface area contributed by atoms with Crippen molar-refractivity contribution in [2.45, 2.75) is 32.5 Å². The molecule has 1 fully saturated rings. The number of nitrogens with one attached hydrogen (secondary N) is 1. The molecule has 1 aliphatic heterocycles. The van der Waals surface area contributed by atoms with Crippen LogP contribution in [0.4, 0.5) is 13.2 Å². The third-order valence-electron chi connectivity index (χ3n) is 5.51. The summed E-state index contributed by atoms with van der Waals surface area (Å²) in [5.41, 5.74) is 2.24. The molecule has 1 saturated heterocycles. The zero-order valence-electron chi connectivity index (χ0n) is 15.2. The van der Waals surface area contributed by atoms with E-state index in [1.807, 2.05) is 19.1 Å². The molecular formula is C20H19F3N2O3. The number of hydrogen-bond acceptors (Lipinski definition) is 3. The third kappa shape index (κ3) is 3.27. The first-order valence-electron chi connectivity index (χ1n) is 9.12. The Morgan fingerprint density at radius 3 is 2.39 bits per heavy atom. The summed E-state index contributed by atoms with van der Waals surface area (Å²) in [6.45, 7) is 2.03. The second-order valence-corrected chi connectivity index (χ2v) is 7.22. The van der Waals surface area contributed by atoms with E-state index in [0.717, 1.165) is 11.3 Å². The topological polar surface area (TPSA) is 62.4 Å². The number of carbonyl (C=O) groups excluding carboxylic acids is 2. The Balaban J connectivity index is 1.56. The van der Waals surface area contributed by atoms with Crippen molar-refractivity contribution in [2.24, 2.45) is 11.8 Å². The largest absolute Gasteiger partial charge is 0.573 e. The lowest BCUT2D eigenvalue weighted by molar-refractivity contribution is -0.274. The third-order valence-corrected chi connectivity index (χ3v) is 5.51. The van der Waals surface area contributed by atoms with Gasteiger partial charge in [0, 0.05) is 23.1 Å². The number of ether oxygens (including phenoxy) is 1. The van der Waals surface area contributed by atoms with Crippen molar-refractivity contribution < 1.29 is 27.5 Å². The van der Waals surface area contributed by atoms with Gasteiger partial charge in [-0.3, -0.25) is 14.5 Å². The van der Waals surface area contributed by atoms with Gasteiger partial charge in [0.05, 0.1) is 11.8 Å². The van der Waals surface area contributed by atoms with E-state index in [1.165, 1.54) is 23.1 Å². The number of allylic oxidation sites excluding steroid dienone is 2. The fraction of sp³-hybridized carbons (Fsp3) is 0.400. The number of carbonyl (C=O) groups is 2. The summed E-state index contributed by atoms with van der Waals surface area (Å²) in [4.78, 5) is 29.6. The van der Waals surface area contributed by atoms with Crippen LogP contribution >= 0.6 is 0 Å². The van der Waals surface area contributed by atoms with Crippen molar-refractivity contribution in [2.75, 3.05) is 6.54 Å². The van der Waals surface area contributed by atoms with Gasteiger partial charge < -0.3 is 9.72 Å². The summed E-state index contributed by atoms with van der Waals surface area (Å²) in [7, 11) is 0. The van der Waals surface area contributed by atoms with Crippen molar-refractivity contribution in [1.29, 1.82) is 0 Å². The Bertz CT molecular complexity index is 951. The van der Waals surface area contributed by atoms with Gasteiger partial charge in [-0.15, -0.1) is 13.2 Å². The van der Waals surface area contributed by atoms with Crippen molar-refractivity contribution >= 4 is 22.7 Å². The molecule has 5 nitrogen and oxygen atoms in total. The molecule has 28 heavy (non-hydrogen) atoms. The van der Waals surface area contributed by atoms with E-state index in [1.54, 1.807) is 0 Å². The Kier molecular flexibility index (Phi) is 4.44. The molecule has 2 atom stereocenters. The first-order chi connectivity index (χ1) is 13.2. The molecule has 1 aromatic heterocycles. The first-order valence-corrected chi connectivity index (χ1v) is 9.12. The van der Waals surface area contributed by atoms with Crippen LogP contribution in [0.2, 0.25) is 0 Å². The average Bonchev–Trinajstić information content (AvgIpc) is 3.06. The Labute approximate surface area is 159 Å². The molecule has 2 aromatic rings. The van der Waals surface area contributed by atoms with Gasteiger partial charge in [-0.25, -0.2) is 0 Å². The van der Waals surface area contributed by atoms with Crippen LogP contribution in [0.3, 0.4) is 0 Å². The fourth-order valence-electron chi connectivity index (χ4n) is 4.19. The second kappa shape index (κ2) is 6.68. The number of rotatable bonds is 4. The van der Waals surface area contributed by atoms with Crippen LogP contribution in [0.1, 0.15) is 24.1 Å². The summed E-state index contributed by atoms with van der Waals surface area (Å²) in [6.07, 6.45) is 0.624. The Morgan fingerprint density at radius 1 is 1.14 bits per heavy atom. The number of hydrogen-bond donors (Lipinski definition) is 1. The number of benzene rings is 1. The van der Waals surface area contributed by atoms with E-state index in [-0.39, 0.29) is 35.9 Å². The van der Waals surface area contributed by atoms with Crippen molar-refractivity contribution in [3.8, 4) is 5.75 Å². The number of H-pyrrole nitrogens is 1. The molecule has 2 heterocycles. The highest BCUT2D eigenvalue weighted by atomic mass is 19.4. The van der Waals surface area contributed by atoms with Crippen LogP contribution in [0, 0.1) is 18.8 Å². The molecule has 0 bridgehead atoms. The van der Waals surface area contributed by atoms with Gasteiger partial charge in [-0.2, -0.15) is 0 Å². The quantitative estimate of drug-likeness (QED) is 0.635. The number of fused-ring (bicyclic) bond motifs is 2. The number of likely N-dealkylation sites (tertiary alicyclic amines) is 1. The molecule has 2 amide bonds. The van der Waals surface area contributed by atoms with E-state index < -0.39 is 6.36 Å². The monoisotopic (exact) mass is 392 g/mol. The van der Waals surface area contributed by atoms with E-state index in [2.05, 4.69) is 9.72 Å². The minimum absolute atomic E-state index is 0.155. The Morgan fingerprint density at radius 2 is 1.79 bits per heavy atom. The molecule has 1 N–H and O–H groups in total. The highest BCUT2D eigenvalue weighted by Gasteiger charge is 2.46. The molecule has 0 unspecified atom stereocenters. The molecule has 8 heteroatoms. The summed E-state index contributed by atoms with van der Waals surface area (Å²) >= 11 is 0. The number of alkyl halides is 3. The number of aromatic nitrogens is 1. The van der Waals surface area contributed by atoms with E-state index in [9.17, 15) is 22.8 Å². The highest BCUT2D eigenvalue weighted by Crippen LogP contribution is 2.36. The molecular weight excluding hydrogens is 373 g/mol. The number of nitrogens with zero attached hydrogens (tertiary/aromatic N) is 1. The van der Waals surface area contributed by atoms with E-state index in [4.69, 9.17) is 0 Å². The second-order valence-electron chi connectivity index (χ2n) is 7.22. The van der Waals surface area contributed by atoms with Crippen LogP contribution in [0.25, 0.3) is 10.9 Å². The summed E-state index contributed by atoms with van der Waals surface area (Å²) in [5, 5.41) is 0.595. The van der Waals surface area contributed by atoms with Gasteiger partial charge in [-0.1, -0.05) is 12.2 Å². The average molecular weight is 392 g/mol. The predicted molar refractivity (Wildman–Crippen MR) is 95.5 cm³/mol. The molecule has 4 rings (SSSR count). The number of aromatic amines is 1. The molecule has 1 aliphatic carbocycles. The minimum Gasteiger partial charge on any atom is -0.406 e. The smallest absolute Gasteiger partial charge is 0.406 e. The molecule has 0 saturated carbocycles. The first kappa shape index (κ1) is 18.6. The van der Waals surface area contributed by atoms with Crippen LogP contribution in [-0.2, 0) is 16.0 Å². The van der Waals surface area contributed by atoms with Gasteiger partial charge in [0.2, 0.25) is 11.8 Å². The van der Waals surface area contributed by atoms with Crippen LogP contribution in [0.5, 0.6) is 5.75 Å². The van der Waals surface area contributed by atoms with Gasteiger partial charge in [-0.05, 0) is 49.9 Å². The molecule has 148 valence electrons. The zero-order valence-corrected chi connectivity index (χ0v) is 15.2. The number of amides is 2. The zero-order chi connectivity index (χ0) is 20.1. The maximum absolute atomic E-state index is 12.6. The van der Waals surface area contributed by atoms with Crippen LogP contribution in [0.15, 0.2) is 30.4 Å². The summed E-state index contributed by atoms with van der Waals surface area (Å²) < 4.78 is 41.6. The van der Waals surface area contributed by atoms with Crippen molar-refractivity contribution in [1.82, 2.24) is 9.88 Å². The van der Waals surface area contributed by atoms with Gasteiger partial charge in [0.1, 0.15) is 5.75 Å². The summed E-state index contributed by atoms with van der Waals surface area (Å²) in [6, 6.07) is 4.11. The van der Waals surface area contributed by atoms with Crippen molar-refractivity contribution in [3.63, 3.8) is 0 Å². The molecule has 0 radical (unpaired) electrons. The highest BCUT2D eigenvalue weighted by molar-refractivity contribution is 6.05. The minimum atomic E-state index is -4.77. The molecule has 0 spiro atoms. The fourth-order valence-corrected chi connectivity index (χ4v) is 4.19. The van der Waals surface area contributed by atoms with E-state index in [0.29, 0.717) is 30.2 Å². The van der Waals surface area contributed by atoms with Gasteiger partial charge in [0.25, 0.3) is 0 Å². The standard InChI is InChI=1S/C20H19F3N2O3/c1-11-13(16-10-12(28-20(21,22)23)6-7-17(16)24-11)8-9-25-18(26)14-4-2-3-5-15(14)19(25)27/h2-3,6-7,10,14-15,24H,4-5,8-9H2,1H3/t14-,15-/m0/s1. The van der Waals surface area contributed by atoms with Gasteiger partial charge >= 0.3 is 6.36 Å². The lowest BCUT2D eigenvalue weighted by Gasteiger charge is -2.15. The van der Waals surface area contributed by atoms with E-state index >= 15 is 0 Å². The van der Waals surface area contributed by atoms with Crippen molar-refractivity contribution in [3.05, 3.63) is 41.6 Å². The molecule has 1 aromatic carbocycles. The molecule has 2 aliphatic rings. The van der Waals surface area contributed by atoms with Crippen LogP contribution < -0.4 is 4.74 Å². The lowest BCUT2D eigenvalue weighted by Crippen LogP contribution is -2.33. The number of halogens is 3. The normalized spacial score (nSPS) is 22.2. The maximum atomic E-state index is 12.6. The SMILES string of the molecule is Cc1[nH]c2ccc(OC(F)(F)F)cc2c1CCN1C(=O)[C@H]2CC=CC[C@@H]2C1=O. The van der Waals surface area contributed by atoms with Crippen LogP contribution in [-0.4, -0.2) is 34.6 Å². The Hall–Kier alpha value is -2.77.